The van der Waals surface area contributed by atoms with Crippen LogP contribution >= 0.6 is 0 Å². The number of aromatic amines is 1. The van der Waals surface area contributed by atoms with E-state index in [1.54, 1.807) is 24.4 Å². The summed E-state index contributed by atoms with van der Waals surface area (Å²) in [6.07, 6.45) is 1.70. The van der Waals surface area contributed by atoms with Gasteiger partial charge in [-0.2, -0.15) is 5.10 Å². The topological polar surface area (TPSA) is 73.8 Å². The monoisotopic (exact) mass is 240 g/mol. The van der Waals surface area contributed by atoms with E-state index in [-0.39, 0.29) is 5.75 Å². The van der Waals surface area contributed by atoms with E-state index >= 15 is 0 Å². The minimum atomic E-state index is 0.219. The zero-order chi connectivity index (χ0) is 12.5. The fourth-order valence-electron chi connectivity index (χ4n) is 1.93. The summed E-state index contributed by atoms with van der Waals surface area (Å²) in [5, 5.41) is 20.7. The number of benzene rings is 1. The highest BCUT2D eigenvalue weighted by Crippen LogP contribution is 2.26. The molecule has 3 rings (SSSR count). The first kappa shape index (κ1) is 10.6. The molecule has 0 aliphatic rings. The van der Waals surface area contributed by atoms with Crippen LogP contribution in [0.4, 0.5) is 11.5 Å². The number of hydrogen-bond acceptors (Lipinski definition) is 4. The lowest BCUT2D eigenvalue weighted by Crippen LogP contribution is -1.94. The Hall–Kier alpha value is -2.56. The van der Waals surface area contributed by atoms with Crippen molar-refractivity contribution in [1.82, 2.24) is 15.2 Å². The smallest absolute Gasteiger partial charge is 0.141 e. The summed E-state index contributed by atoms with van der Waals surface area (Å²) < 4.78 is 0. The molecular formula is C13H12N4O. The van der Waals surface area contributed by atoms with Gasteiger partial charge in [0.2, 0.25) is 0 Å². The molecule has 5 heteroatoms. The van der Waals surface area contributed by atoms with Crippen molar-refractivity contribution in [2.24, 2.45) is 0 Å². The summed E-state index contributed by atoms with van der Waals surface area (Å²) >= 11 is 0. The molecule has 0 bridgehead atoms. The normalized spacial score (nSPS) is 10.7. The van der Waals surface area contributed by atoms with Gasteiger partial charge in [-0.1, -0.05) is 6.07 Å². The number of pyridine rings is 1. The summed E-state index contributed by atoms with van der Waals surface area (Å²) in [6.45, 7) is 1.95. The van der Waals surface area contributed by atoms with Gasteiger partial charge in [-0.25, -0.2) is 4.98 Å². The summed E-state index contributed by atoms with van der Waals surface area (Å²) in [4.78, 5) is 4.31. The van der Waals surface area contributed by atoms with Crippen LogP contribution in [0.15, 0.2) is 36.5 Å². The van der Waals surface area contributed by atoms with Crippen molar-refractivity contribution in [1.29, 1.82) is 0 Å². The largest absolute Gasteiger partial charge is 0.508 e. The summed E-state index contributed by atoms with van der Waals surface area (Å²) in [5.41, 5.74) is 2.61. The molecule has 2 heterocycles. The number of nitrogens with one attached hydrogen (secondary N) is 2. The van der Waals surface area contributed by atoms with Gasteiger partial charge in [0.25, 0.3) is 0 Å². The molecule has 3 N–H and O–H groups in total. The highest BCUT2D eigenvalue weighted by atomic mass is 16.3. The van der Waals surface area contributed by atoms with Crippen LogP contribution in [-0.4, -0.2) is 20.3 Å². The second-order valence-corrected chi connectivity index (χ2v) is 4.08. The van der Waals surface area contributed by atoms with Crippen LogP contribution < -0.4 is 5.32 Å². The lowest BCUT2D eigenvalue weighted by Gasteiger charge is -2.07. The predicted octanol–water partition coefficient (Wildman–Crippen LogP) is 2.72. The van der Waals surface area contributed by atoms with Crippen LogP contribution in [-0.2, 0) is 0 Å². The molecule has 0 aliphatic heterocycles. The van der Waals surface area contributed by atoms with Crippen molar-refractivity contribution in [3.8, 4) is 5.75 Å². The van der Waals surface area contributed by atoms with E-state index in [4.69, 9.17) is 0 Å². The Morgan fingerprint density at radius 1 is 1.28 bits per heavy atom. The number of hydrogen-bond donors (Lipinski definition) is 3. The van der Waals surface area contributed by atoms with Crippen LogP contribution in [0.25, 0.3) is 10.9 Å². The minimum absolute atomic E-state index is 0.219. The molecule has 0 fully saturated rings. The first-order valence-corrected chi connectivity index (χ1v) is 5.60. The molecular weight excluding hydrogens is 228 g/mol. The number of fused-ring (bicyclic) bond motifs is 1. The van der Waals surface area contributed by atoms with Crippen molar-refractivity contribution >= 4 is 22.4 Å². The second kappa shape index (κ2) is 4.03. The van der Waals surface area contributed by atoms with Crippen molar-refractivity contribution in [2.45, 2.75) is 6.92 Å². The third-order valence-corrected chi connectivity index (χ3v) is 2.76. The number of phenols is 1. The maximum atomic E-state index is 9.44. The van der Waals surface area contributed by atoms with Crippen molar-refractivity contribution in [3.63, 3.8) is 0 Å². The molecule has 2 aromatic heterocycles. The van der Waals surface area contributed by atoms with Gasteiger partial charge in [0, 0.05) is 23.6 Å². The number of H-pyrrole nitrogens is 1. The predicted molar refractivity (Wildman–Crippen MR) is 70.0 cm³/mol. The third-order valence-electron chi connectivity index (χ3n) is 2.76. The van der Waals surface area contributed by atoms with E-state index in [1.165, 1.54) is 0 Å². The summed E-state index contributed by atoms with van der Waals surface area (Å²) in [7, 11) is 0. The number of anilines is 2. The molecule has 5 nitrogen and oxygen atoms in total. The lowest BCUT2D eigenvalue weighted by molar-refractivity contribution is 0.475. The molecule has 0 radical (unpaired) electrons. The van der Waals surface area contributed by atoms with Crippen LogP contribution in [0.2, 0.25) is 0 Å². The Kier molecular flexibility index (Phi) is 2.37. The van der Waals surface area contributed by atoms with E-state index < -0.39 is 0 Å². The third kappa shape index (κ3) is 1.75. The van der Waals surface area contributed by atoms with Crippen molar-refractivity contribution < 1.29 is 5.11 Å². The van der Waals surface area contributed by atoms with Crippen LogP contribution in [0.1, 0.15) is 5.69 Å². The zero-order valence-corrected chi connectivity index (χ0v) is 9.81. The van der Waals surface area contributed by atoms with Gasteiger partial charge in [0.05, 0.1) is 10.9 Å². The zero-order valence-electron chi connectivity index (χ0n) is 9.81. The van der Waals surface area contributed by atoms with E-state index in [9.17, 15) is 5.11 Å². The van der Waals surface area contributed by atoms with E-state index in [1.807, 2.05) is 19.1 Å². The molecule has 0 saturated heterocycles. The molecule has 1 aromatic carbocycles. The first-order chi connectivity index (χ1) is 8.74. The SMILES string of the molecule is Cc1[nH]nc2ccnc(Nc3cccc(O)c3)c12. The number of aryl methyl sites for hydroxylation is 1. The molecule has 18 heavy (non-hydrogen) atoms. The molecule has 0 amide bonds. The maximum absolute atomic E-state index is 9.44. The Morgan fingerprint density at radius 3 is 3.00 bits per heavy atom. The van der Waals surface area contributed by atoms with Crippen LogP contribution in [0, 0.1) is 6.92 Å². The van der Waals surface area contributed by atoms with Crippen molar-refractivity contribution in [2.75, 3.05) is 5.32 Å². The lowest BCUT2D eigenvalue weighted by atomic mass is 10.2. The second-order valence-electron chi connectivity index (χ2n) is 4.08. The highest BCUT2D eigenvalue weighted by Gasteiger charge is 2.08. The van der Waals surface area contributed by atoms with Crippen molar-refractivity contribution in [3.05, 3.63) is 42.2 Å². The molecule has 3 aromatic rings. The summed E-state index contributed by atoms with van der Waals surface area (Å²) in [5.74, 6) is 0.945. The fraction of sp³-hybridized carbons (Fsp3) is 0.0769. The quantitative estimate of drug-likeness (QED) is 0.644. The van der Waals surface area contributed by atoms with E-state index in [0.29, 0.717) is 0 Å². The summed E-state index contributed by atoms with van der Waals surface area (Å²) in [6, 6.07) is 8.78. The number of phenolic OH excluding ortho intramolecular Hbond substituents is 1. The Bertz CT molecular complexity index is 705. The molecule has 0 aliphatic carbocycles. The Labute approximate surface area is 103 Å². The van der Waals surface area contributed by atoms with Gasteiger partial charge in [-0.05, 0) is 25.1 Å². The molecule has 90 valence electrons. The average Bonchev–Trinajstić information content (AvgIpc) is 2.72. The average molecular weight is 240 g/mol. The first-order valence-electron chi connectivity index (χ1n) is 5.60. The fourth-order valence-corrected chi connectivity index (χ4v) is 1.93. The van der Waals surface area contributed by atoms with Gasteiger partial charge >= 0.3 is 0 Å². The molecule has 0 unspecified atom stereocenters. The standard InChI is InChI=1S/C13H12N4O/c1-8-12-11(17-16-8)5-6-14-13(12)15-9-3-2-4-10(18)7-9/h2-7,18H,1H3,(H,14,15)(H,16,17). The van der Waals surface area contributed by atoms with Crippen LogP contribution in [0.3, 0.4) is 0 Å². The minimum Gasteiger partial charge on any atom is -0.508 e. The Morgan fingerprint density at radius 2 is 2.17 bits per heavy atom. The van der Waals surface area contributed by atoms with E-state index in [2.05, 4.69) is 20.5 Å². The van der Waals surface area contributed by atoms with Crippen LogP contribution in [0.5, 0.6) is 5.75 Å². The number of rotatable bonds is 2. The van der Waals surface area contributed by atoms with Gasteiger partial charge < -0.3 is 10.4 Å². The van der Waals surface area contributed by atoms with Gasteiger partial charge in [-0.3, -0.25) is 5.10 Å². The number of aromatic nitrogens is 3. The van der Waals surface area contributed by atoms with Gasteiger partial charge in [0.1, 0.15) is 11.6 Å². The van der Waals surface area contributed by atoms with Gasteiger partial charge in [-0.15, -0.1) is 0 Å². The molecule has 0 spiro atoms. The molecule has 0 saturated carbocycles. The number of aromatic hydroxyl groups is 1. The van der Waals surface area contributed by atoms with Gasteiger partial charge in [0.15, 0.2) is 0 Å². The molecule has 0 atom stereocenters. The number of nitrogens with zero attached hydrogens (tertiary/aromatic N) is 2. The Balaban J connectivity index is 2.07. The highest BCUT2D eigenvalue weighted by molar-refractivity contribution is 5.92. The maximum Gasteiger partial charge on any atom is 0.141 e. The van der Waals surface area contributed by atoms with E-state index in [0.717, 1.165) is 28.1 Å².